The molecule has 0 amide bonds. The van der Waals surface area contributed by atoms with Crippen molar-refractivity contribution in [2.75, 3.05) is 18.5 Å². The number of hydrogen-bond acceptors (Lipinski definition) is 10. The van der Waals surface area contributed by atoms with Crippen LogP contribution in [0.5, 0.6) is 0 Å². The third-order valence-corrected chi connectivity index (χ3v) is 5.30. The van der Waals surface area contributed by atoms with Gasteiger partial charge in [-0.15, -0.1) is 10.2 Å². The van der Waals surface area contributed by atoms with E-state index in [1.54, 1.807) is 6.20 Å². The van der Waals surface area contributed by atoms with Crippen LogP contribution in [-0.4, -0.2) is 54.5 Å². The number of nitrogens with zero attached hydrogens (tertiary/aromatic N) is 7. The van der Waals surface area contributed by atoms with Gasteiger partial charge < -0.3 is 14.5 Å². The van der Waals surface area contributed by atoms with Crippen LogP contribution in [0.4, 0.5) is 5.69 Å². The van der Waals surface area contributed by atoms with E-state index in [2.05, 4.69) is 35.9 Å². The lowest BCUT2D eigenvalue weighted by atomic mass is 10.1. The third-order valence-electron chi connectivity index (χ3n) is 5.30. The van der Waals surface area contributed by atoms with Crippen LogP contribution in [0, 0.1) is 6.92 Å². The number of fused-ring (bicyclic) bond motifs is 1. The summed E-state index contributed by atoms with van der Waals surface area (Å²) in [6.07, 6.45) is 5.81. The van der Waals surface area contributed by atoms with E-state index < -0.39 is 0 Å². The predicted octanol–water partition coefficient (Wildman–Crippen LogP) is 2.37. The predicted molar refractivity (Wildman–Crippen MR) is 106 cm³/mol. The van der Waals surface area contributed by atoms with Crippen molar-refractivity contribution in [3.63, 3.8) is 0 Å². The molecule has 4 aromatic rings. The Balaban J connectivity index is 1.53. The molecule has 0 aliphatic carbocycles. The summed E-state index contributed by atoms with van der Waals surface area (Å²) in [5.41, 5.74) is 3.84. The van der Waals surface area contributed by atoms with Gasteiger partial charge >= 0.3 is 0 Å². The van der Waals surface area contributed by atoms with Crippen molar-refractivity contribution < 1.29 is 13.8 Å². The van der Waals surface area contributed by atoms with Crippen molar-refractivity contribution in [3.05, 3.63) is 29.7 Å². The highest BCUT2D eigenvalue weighted by Gasteiger charge is 2.23. The molecule has 1 fully saturated rings. The van der Waals surface area contributed by atoms with Crippen LogP contribution < -0.4 is 5.32 Å². The summed E-state index contributed by atoms with van der Waals surface area (Å²) in [5.74, 6) is 0.831. The number of hydrogen-bond donors (Lipinski definition) is 1. The molecule has 0 atom stereocenters. The second-order valence-electron chi connectivity index (χ2n) is 7.25. The number of aryl methyl sites for hydroxylation is 2. The summed E-state index contributed by atoms with van der Waals surface area (Å²) in [4.78, 5) is 4.61. The molecular formula is C19H22N8O3. The molecule has 0 aromatic carbocycles. The van der Waals surface area contributed by atoms with Crippen LogP contribution in [-0.2, 0) is 17.7 Å². The van der Waals surface area contributed by atoms with E-state index in [1.165, 1.54) is 0 Å². The van der Waals surface area contributed by atoms with Gasteiger partial charge in [-0.25, -0.2) is 14.3 Å². The van der Waals surface area contributed by atoms with E-state index in [4.69, 9.17) is 13.8 Å². The highest BCUT2D eigenvalue weighted by atomic mass is 16.6. The molecule has 5 heterocycles. The van der Waals surface area contributed by atoms with E-state index >= 15 is 0 Å². The molecule has 1 N–H and O–H groups in total. The molecule has 30 heavy (non-hydrogen) atoms. The lowest BCUT2D eigenvalue weighted by molar-refractivity contribution is 0.0905. The Morgan fingerprint density at radius 3 is 2.80 bits per heavy atom. The van der Waals surface area contributed by atoms with E-state index in [0.717, 1.165) is 54.9 Å². The van der Waals surface area contributed by atoms with Crippen molar-refractivity contribution in [2.45, 2.75) is 45.7 Å². The molecule has 1 aliphatic rings. The molecule has 0 saturated carbocycles. The Bertz CT molecular complexity index is 1160. The highest BCUT2D eigenvalue weighted by molar-refractivity contribution is 5.96. The highest BCUT2D eigenvalue weighted by Crippen LogP contribution is 2.34. The Morgan fingerprint density at radius 1 is 1.17 bits per heavy atom. The fraction of sp³-hybridized carbons (Fsp3) is 0.474. The molecular weight excluding hydrogens is 388 g/mol. The molecule has 11 nitrogen and oxygen atoms in total. The Kier molecular flexibility index (Phi) is 4.87. The lowest BCUT2D eigenvalue weighted by Crippen LogP contribution is -2.28. The number of anilines is 1. The van der Waals surface area contributed by atoms with Crippen LogP contribution in [0.2, 0.25) is 0 Å². The average Bonchev–Trinajstić information content (AvgIpc) is 3.50. The van der Waals surface area contributed by atoms with Crippen LogP contribution in [0.15, 0.2) is 21.4 Å². The molecule has 156 valence electrons. The van der Waals surface area contributed by atoms with Gasteiger partial charge in [0.2, 0.25) is 5.89 Å². The average molecular weight is 410 g/mol. The zero-order valence-corrected chi connectivity index (χ0v) is 16.8. The number of nitrogens with one attached hydrogen (secondary N) is 1. The van der Waals surface area contributed by atoms with E-state index in [1.807, 2.05) is 24.7 Å². The van der Waals surface area contributed by atoms with Gasteiger partial charge in [0, 0.05) is 32.0 Å². The van der Waals surface area contributed by atoms with Crippen LogP contribution >= 0.6 is 0 Å². The van der Waals surface area contributed by atoms with Gasteiger partial charge in [-0.1, -0.05) is 10.3 Å². The molecule has 0 unspecified atom stereocenters. The zero-order valence-electron chi connectivity index (χ0n) is 16.8. The first-order valence-electron chi connectivity index (χ1n) is 10.0. The second-order valence-corrected chi connectivity index (χ2v) is 7.25. The molecule has 11 heteroatoms. The quantitative estimate of drug-likeness (QED) is 0.505. The van der Waals surface area contributed by atoms with Crippen molar-refractivity contribution in [1.82, 2.24) is 35.3 Å². The van der Waals surface area contributed by atoms with Gasteiger partial charge in [0.1, 0.15) is 11.4 Å². The summed E-state index contributed by atoms with van der Waals surface area (Å²) in [6, 6.07) is 0.291. The first kappa shape index (κ1) is 18.7. The van der Waals surface area contributed by atoms with Crippen molar-refractivity contribution in [2.24, 2.45) is 0 Å². The monoisotopic (exact) mass is 410 g/mol. The first-order chi connectivity index (χ1) is 14.7. The number of pyridine rings is 1. The summed E-state index contributed by atoms with van der Waals surface area (Å²) >= 11 is 0. The maximum Gasteiger partial charge on any atom is 0.251 e. The third kappa shape index (κ3) is 3.41. The molecule has 0 spiro atoms. The summed E-state index contributed by atoms with van der Waals surface area (Å²) in [5, 5.41) is 25.1. The van der Waals surface area contributed by atoms with Gasteiger partial charge in [-0.05, 0) is 26.7 Å². The Morgan fingerprint density at radius 2 is 2.03 bits per heavy atom. The fourth-order valence-corrected chi connectivity index (χ4v) is 3.61. The van der Waals surface area contributed by atoms with Crippen molar-refractivity contribution in [3.8, 4) is 11.5 Å². The largest absolute Gasteiger partial charge is 0.420 e. The minimum Gasteiger partial charge on any atom is -0.420 e. The normalized spacial score (nSPS) is 15.1. The molecule has 5 rings (SSSR count). The topological polar surface area (TPSA) is 130 Å². The van der Waals surface area contributed by atoms with Crippen molar-refractivity contribution >= 4 is 16.7 Å². The standard InChI is InChI=1S/C19H22N8O3/c1-3-27-18-13(10-21-27)17(22-12-4-6-28-7-5-12)14(9-20-18)19-24-23-16(29-19)8-15-11(2)25-30-26-15/h9-10,12H,3-8H2,1-2H3,(H,20,22). The second kappa shape index (κ2) is 7.82. The molecule has 0 radical (unpaired) electrons. The van der Waals surface area contributed by atoms with Gasteiger partial charge in [0.05, 0.1) is 29.3 Å². The van der Waals surface area contributed by atoms with Gasteiger partial charge in [-0.2, -0.15) is 5.10 Å². The summed E-state index contributed by atoms with van der Waals surface area (Å²) < 4.78 is 18.1. The van der Waals surface area contributed by atoms with Gasteiger partial charge in [0.15, 0.2) is 5.65 Å². The first-order valence-corrected chi connectivity index (χ1v) is 10.0. The molecule has 4 aromatic heterocycles. The van der Waals surface area contributed by atoms with Gasteiger partial charge in [0.25, 0.3) is 5.89 Å². The van der Waals surface area contributed by atoms with E-state index in [-0.39, 0.29) is 0 Å². The van der Waals surface area contributed by atoms with E-state index in [9.17, 15) is 0 Å². The summed E-state index contributed by atoms with van der Waals surface area (Å²) in [6.45, 7) is 6.08. The maximum atomic E-state index is 5.95. The van der Waals surface area contributed by atoms with Crippen molar-refractivity contribution in [1.29, 1.82) is 0 Å². The number of aromatic nitrogens is 7. The summed E-state index contributed by atoms with van der Waals surface area (Å²) in [7, 11) is 0. The molecule has 1 saturated heterocycles. The zero-order chi connectivity index (χ0) is 20.5. The van der Waals surface area contributed by atoms with E-state index in [0.29, 0.717) is 35.6 Å². The minimum absolute atomic E-state index is 0.291. The van der Waals surface area contributed by atoms with Crippen LogP contribution in [0.3, 0.4) is 0 Å². The molecule has 1 aliphatic heterocycles. The SMILES string of the molecule is CCn1ncc2c(NC3CCOCC3)c(-c3nnc(Cc4nonc4C)o3)cnc21. The number of rotatable bonds is 6. The number of ether oxygens (including phenoxy) is 1. The Hall–Kier alpha value is -3.34. The fourth-order valence-electron chi connectivity index (χ4n) is 3.61. The van der Waals surface area contributed by atoms with Crippen LogP contribution in [0.1, 0.15) is 37.0 Å². The van der Waals surface area contributed by atoms with Gasteiger partial charge in [-0.3, -0.25) is 0 Å². The minimum atomic E-state index is 0.291. The van der Waals surface area contributed by atoms with Crippen LogP contribution in [0.25, 0.3) is 22.5 Å². The molecule has 0 bridgehead atoms. The smallest absolute Gasteiger partial charge is 0.251 e. The maximum absolute atomic E-state index is 5.95. The Labute approximate surface area is 171 Å². The lowest BCUT2D eigenvalue weighted by Gasteiger charge is -2.25.